The third kappa shape index (κ3) is 6.24. The number of hydrogen-bond acceptors (Lipinski definition) is 3. The van der Waals surface area contributed by atoms with Gasteiger partial charge in [-0.25, -0.2) is 9.48 Å². The Kier molecular flexibility index (Phi) is 8.02. The molecule has 2 N–H and O–H groups in total. The van der Waals surface area contributed by atoms with Crippen LogP contribution in [-0.2, 0) is 16.6 Å². The average molecular weight is 542 g/mol. The average Bonchev–Trinajstić information content (AvgIpc) is 3.43. The molecule has 2 aromatic carbocycles. The van der Waals surface area contributed by atoms with Gasteiger partial charge in [0.25, 0.3) is 0 Å². The van der Waals surface area contributed by atoms with Crippen LogP contribution in [0.3, 0.4) is 0 Å². The second kappa shape index (κ2) is 11.5. The Labute approximate surface area is 238 Å². The van der Waals surface area contributed by atoms with Gasteiger partial charge in [0.2, 0.25) is 5.91 Å². The van der Waals surface area contributed by atoms with Crippen LogP contribution in [0.15, 0.2) is 54.6 Å². The van der Waals surface area contributed by atoms with Gasteiger partial charge in [-0.3, -0.25) is 10.1 Å². The van der Waals surface area contributed by atoms with Crippen molar-refractivity contribution < 1.29 is 9.59 Å². The highest BCUT2D eigenvalue weighted by Gasteiger charge is 2.42. The maximum absolute atomic E-state index is 13.1. The van der Waals surface area contributed by atoms with E-state index >= 15 is 0 Å². The van der Waals surface area contributed by atoms with E-state index in [1.807, 2.05) is 42.5 Å². The summed E-state index contributed by atoms with van der Waals surface area (Å²) in [6, 6.07) is 18.7. The molecule has 2 aliphatic heterocycles. The smallest absolute Gasteiger partial charge is 0.324 e. The zero-order chi connectivity index (χ0) is 28.4. The fourth-order valence-electron chi connectivity index (χ4n) is 6.31. The van der Waals surface area contributed by atoms with Gasteiger partial charge >= 0.3 is 6.03 Å². The fraction of sp³-hybridized carbons (Fsp3) is 0.485. The summed E-state index contributed by atoms with van der Waals surface area (Å²) in [5, 5.41) is 10.9. The number of nitrogens with zero attached hydrogens (tertiary/aromatic N) is 3. The summed E-state index contributed by atoms with van der Waals surface area (Å²) in [7, 11) is 0. The van der Waals surface area contributed by atoms with Gasteiger partial charge in [0.05, 0.1) is 11.4 Å². The van der Waals surface area contributed by atoms with Crippen molar-refractivity contribution in [2.24, 2.45) is 5.92 Å². The van der Waals surface area contributed by atoms with Gasteiger partial charge in [-0.2, -0.15) is 5.10 Å². The summed E-state index contributed by atoms with van der Waals surface area (Å²) in [6.07, 6.45) is 6.96. The molecule has 5 rings (SSSR count). The molecule has 2 fully saturated rings. The molecule has 7 nitrogen and oxygen atoms in total. The molecule has 212 valence electrons. The number of nitrogens with one attached hydrogen (secondary N) is 2. The van der Waals surface area contributed by atoms with Gasteiger partial charge in [-0.15, -0.1) is 0 Å². The first-order valence-corrected chi connectivity index (χ1v) is 14.8. The van der Waals surface area contributed by atoms with Crippen molar-refractivity contribution in [1.29, 1.82) is 0 Å². The normalized spacial score (nSPS) is 20.4. The first kappa shape index (κ1) is 27.9. The number of anilines is 2. The Morgan fingerprint density at radius 3 is 2.33 bits per heavy atom. The SMILES string of the molecule is CCCC(=O)N1C2CCC1CC(Cc1cccc(NC(=O)Nc3cc(C(C)(C)C)nn3-c3ccc(C)cc3)c1)C2. The molecule has 2 saturated heterocycles. The number of fused-ring (bicyclic) bond motifs is 2. The largest absolute Gasteiger partial charge is 0.337 e. The Bertz CT molecular complexity index is 1340. The van der Waals surface area contributed by atoms with Crippen LogP contribution in [0.4, 0.5) is 16.3 Å². The standard InChI is InChI=1S/C33H43N5O2/c1-6-8-31(39)37-27-15-16-28(37)20-24(19-27)17-23-9-7-10-25(18-23)34-32(40)35-30-21-29(33(3,4)5)36-38(30)26-13-11-22(2)12-14-26/h7,9-14,18,21,24,27-28H,6,8,15-17,19-20H2,1-5H3,(H2,34,35,40). The summed E-state index contributed by atoms with van der Waals surface area (Å²) in [6.45, 7) is 10.5. The third-order valence-electron chi connectivity index (χ3n) is 8.29. The molecule has 0 aliphatic carbocycles. The van der Waals surface area contributed by atoms with Gasteiger partial charge in [-0.1, -0.05) is 57.5 Å². The maximum Gasteiger partial charge on any atom is 0.324 e. The van der Waals surface area contributed by atoms with Gasteiger partial charge in [0.1, 0.15) is 5.82 Å². The first-order valence-electron chi connectivity index (χ1n) is 14.8. The van der Waals surface area contributed by atoms with Crippen molar-refractivity contribution in [3.8, 4) is 5.69 Å². The minimum absolute atomic E-state index is 0.157. The van der Waals surface area contributed by atoms with Crippen LogP contribution < -0.4 is 10.6 Å². The van der Waals surface area contributed by atoms with E-state index in [2.05, 4.69) is 62.3 Å². The number of carbonyl (C=O) groups is 2. The molecule has 2 bridgehead atoms. The molecule has 0 spiro atoms. The summed E-state index contributed by atoms with van der Waals surface area (Å²) < 4.78 is 1.79. The number of amides is 3. The number of hydrogen-bond donors (Lipinski definition) is 2. The van der Waals surface area contributed by atoms with E-state index in [4.69, 9.17) is 5.10 Å². The molecule has 7 heteroatoms. The Morgan fingerprint density at radius 2 is 1.68 bits per heavy atom. The molecule has 0 saturated carbocycles. The van der Waals surface area contributed by atoms with Crippen molar-refractivity contribution in [2.45, 2.75) is 97.1 Å². The molecule has 2 aliphatic rings. The molecule has 3 aromatic rings. The van der Waals surface area contributed by atoms with Crippen LogP contribution in [-0.4, -0.2) is 38.7 Å². The van der Waals surface area contributed by atoms with E-state index in [0.29, 0.717) is 36.1 Å². The lowest BCUT2D eigenvalue weighted by atomic mass is 9.85. The lowest BCUT2D eigenvalue weighted by molar-refractivity contribution is -0.136. The second-order valence-corrected chi connectivity index (χ2v) is 12.7. The molecular weight excluding hydrogens is 498 g/mol. The number of aromatic nitrogens is 2. The molecular formula is C33H43N5O2. The van der Waals surface area contributed by atoms with E-state index in [1.54, 1.807) is 4.68 Å². The third-order valence-corrected chi connectivity index (χ3v) is 8.29. The molecule has 40 heavy (non-hydrogen) atoms. The fourth-order valence-corrected chi connectivity index (χ4v) is 6.31. The van der Waals surface area contributed by atoms with E-state index in [1.165, 1.54) is 11.1 Å². The Morgan fingerprint density at radius 1 is 0.975 bits per heavy atom. The van der Waals surface area contributed by atoms with Crippen molar-refractivity contribution >= 4 is 23.4 Å². The van der Waals surface area contributed by atoms with Gasteiger partial charge in [-0.05, 0) is 81.2 Å². The van der Waals surface area contributed by atoms with Crippen LogP contribution in [0, 0.1) is 12.8 Å². The number of rotatable bonds is 7. The minimum Gasteiger partial charge on any atom is -0.337 e. The van der Waals surface area contributed by atoms with Crippen LogP contribution in [0.1, 0.15) is 83.0 Å². The lowest BCUT2D eigenvalue weighted by Crippen LogP contribution is -2.46. The van der Waals surface area contributed by atoms with Crippen LogP contribution >= 0.6 is 0 Å². The first-order chi connectivity index (χ1) is 19.1. The minimum atomic E-state index is -0.299. The Hall–Kier alpha value is -3.61. The second-order valence-electron chi connectivity index (χ2n) is 12.7. The number of benzene rings is 2. The summed E-state index contributed by atoms with van der Waals surface area (Å²) in [5.74, 6) is 1.53. The van der Waals surface area contributed by atoms with E-state index < -0.39 is 0 Å². The number of urea groups is 1. The highest BCUT2D eigenvalue weighted by molar-refractivity contribution is 5.99. The van der Waals surface area contributed by atoms with E-state index in [9.17, 15) is 9.59 Å². The van der Waals surface area contributed by atoms with Crippen molar-refractivity contribution in [3.63, 3.8) is 0 Å². The summed E-state index contributed by atoms with van der Waals surface area (Å²) >= 11 is 0. The highest BCUT2D eigenvalue weighted by atomic mass is 16.2. The van der Waals surface area contributed by atoms with Crippen LogP contribution in [0.5, 0.6) is 0 Å². The molecule has 2 atom stereocenters. The van der Waals surface area contributed by atoms with Gasteiger partial charge in [0, 0.05) is 35.7 Å². The van der Waals surface area contributed by atoms with Crippen molar-refractivity contribution in [2.75, 3.05) is 10.6 Å². The van der Waals surface area contributed by atoms with Crippen molar-refractivity contribution in [1.82, 2.24) is 14.7 Å². The number of piperidine rings is 1. The summed E-state index contributed by atoms with van der Waals surface area (Å²) in [5.41, 5.74) is 4.80. The van der Waals surface area contributed by atoms with E-state index in [0.717, 1.165) is 55.6 Å². The molecule has 1 aromatic heterocycles. The molecule has 2 unspecified atom stereocenters. The maximum atomic E-state index is 13.1. The van der Waals surface area contributed by atoms with Gasteiger partial charge in [0.15, 0.2) is 0 Å². The molecule has 3 amide bonds. The van der Waals surface area contributed by atoms with Crippen LogP contribution in [0.25, 0.3) is 5.69 Å². The zero-order valence-electron chi connectivity index (χ0n) is 24.5. The van der Waals surface area contributed by atoms with Gasteiger partial charge < -0.3 is 10.2 Å². The Balaban J connectivity index is 1.25. The monoisotopic (exact) mass is 541 g/mol. The predicted molar refractivity (Wildman–Crippen MR) is 161 cm³/mol. The summed E-state index contributed by atoms with van der Waals surface area (Å²) in [4.78, 5) is 28.0. The topological polar surface area (TPSA) is 79.3 Å². The molecule has 3 heterocycles. The number of carbonyl (C=O) groups excluding carboxylic acids is 2. The van der Waals surface area contributed by atoms with Crippen LogP contribution in [0.2, 0.25) is 0 Å². The highest BCUT2D eigenvalue weighted by Crippen LogP contribution is 2.40. The lowest BCUT2D eigenvalue weighted by Gasteiger charge is -2.39. The zero-order valence-corrected chi connectivity index (χ0v) is 24.5. The van der Waals surface area contributed by atoms with E-state index in [-0.39, 0.29) is 11.4 Å². The predicted octanol–water partition coefficient (Wildman–Crippen LogP) is 7.23. The van der Waals surface area contributed by atoms with Crippen molar-refractivity contribution in [3.05, 3.63) is 71.4 Å². The number of aryl methyl sites for hydroxylation is 1. The quantitative estimate of drug-likeness (QED) is 0.331. The molecule has 0 radical (unpaired) electrons.